The third-order valence-electron chi connectivity index (χ3n) is 13.8. The molecule has 0 atom stereocenters. The Morgan fingerprint density at radius 2 is 0.612 bits per heavy atom. The molecule has 2 heteroatoms. The van der Waals surface area contributed by atoms with E-state index in [0.29, 0.717) is 0 Å². The number of rotatable bonds is 10. The largest absolute Gasteiger partial charge is 0.310 e. The van der Waals surface area contributed by atoms with Crippen LogP contribution in [-0.4, -0.2) is 0 Å². The summed E-state index contributed by atoms with van der Waals surface area (Å²) >= 11 is 0. The zero-order valence-electron chi connectivity index (χ0n) is 37.6. The molecular weight excluding hydrogens is 809 g/mol. The van der Waals surface area contributed by atoms with Crippen LogP contribution < -0.4 is 9.80 Å². The van der Waals surface area contributed by atoms with E-state index in [1.165, 1.54) is 66.1 Å². The van der Waals surface area contributed by atoms with Gasteiger partial charge in [0.25, 0.3) is 0 Å². The SMILES string of the molecule is CC1(C)c2cccc3ccc4cc(N(c5ccc(-c6ccc(N(c7cccc(-c8ccccc8)c7)c7cccc(-c8ccccc8)c7)cc6)cc5)c5cccc(-c6ccccc6)c5)cc1c4c23. The first-order valence-corrected chi connectivity index (χ1v) is 23.2. The molecule has 0 fully saturated rings. The fourth-order valence-electron chi connectivity index (χ4n) is 10.4. The molecule has 12 rings (SSSR count). The van der Waals surface area contributed by atoms with Crippen LogP contribution in [0.4, 0.5) is 34.1 Å². The molecule has 0 heterocycles. The lowest BCUT2D eigenvalue weighted by molar-refractivity contribution is 0.663. The Hall–Kier alpha value is -8.46. The Morgan fingerprint density at radius 3 is 1.07 bits per heavy atom. The van der Waals surface area contributed by atoms with Crippen molar-refractivity contribution in [1.82, 2.24) is 0 Å². The van der Waals surface area contributed by atoms with E-state index in [2.05, 4.69) is 278 Å². The summed E-state index contributed by atoms with van der Waals surface area (Å²) in [7, 11) is 0. The molecule has 318 valence electrons. The number of hydrogen-bond donors (Lipinski definition) is 0. The summed E-state index contributed by atoms with van der Waals surface area (Å²) in [6.07, 6.45) is 0. The zero-order chi connectivity index (χ0) is 44.9. The van der Waals surface area contributed by atoms with Crippen molar-refractivity contribution in [3.63, 3.8) is 0 Å². The summed E-state index contributed by atoms with van der Waals surface area (Å²) in [5.41, 5.74) is 18.8. The van der Waals surface area contributed by atoms with Gasteiger partial charge in [-0.3, -0.25) is 0 Å². The molecule has 0 N–H and O–H groups in total. The van der Waals surface area contributed by atoms with E-state index >= 15 is 0 Å². The maximum absolute atomic E-state index is 2.44. The van der Waals surface area contributed by atoms with Crippen molar-refractivity contribution in [3.8, 4) is 44.5 Å². The molecule has 1 aliphatic carbocycles. The minimum Gasteiger partial charge on any atom is -0.310 e. The molecule has 0 aromatic heterocycles. The van der Waals surface area contributed by atoms with Crippen molar-refractivity contribution in [2.45, 2.75) is 19.3 Å². The van der Waals surface area contributed by atoms with Crippen LogP contribution in [0.3, 0.4) is 0 Å². The van der Waals surface area contributed by atoms with Gasteiger partial charge in [-0.1, -0.05) is 196 Å². The lowest BCUT2D eigenvalue weighted by Crippen LogP contribution is -2.17. The first-order valence-electron chi connectivity index (χ1n) is 23.2. The second kappa shape index (κ2) is 16.5. The van der Waals surface area contributed by atoms with Crippen LogP contribution in [0.25, 0.3) is 66.1 Å². The van der Waals surface area contributed by atoms with E-state index in [9.17, 15) is 0 Å². The van der Waals surface area contributed by atoms with E-state index in [1.54, 1.807) is 0 Å². The summed E-state index contributed by atoms with van der Waals surface area (Å²) in [5, 5.41) is 5.35. The first-order chi connectivity index (χ1) is 33.0. The number of hydrogen-bond acceptors (Lipinski definition) is 2. The first kappa shape index (κ1) is 40.1. The minimum atomic E-state index is -0.129. The van der Waals surface area contributed by atoms with Crippen molar-refractivity contribution in [1.29, 1.82) is 0 Å². The van der Waals surface area contributed by atoms with E-state index in [4.69, 9.17) is 0 Å². The van der Waals surface area contributed by atoms with Gasteiger partial charge in [-0.2, -0.15) is 0 Å². The van der Waals surface area contributed by atoms with Gasteiger partial charge in [0.05, 0.1) is 0 Å². The Labute approximate surface area is 393 Å². The smallest absolute Gasteiger partial charge is 0.0471 e. The highest BCUT2D eigenvalue weighted by Crippen LogP contribution is 2.51. The summed E-state index contributed by atoms with van der Waals surface area (Å²) in [5.74, 6) is 0. The average molecular weight is 857 g/mol. The topological polar surface area (TPSA) is 6.48 Å². The summed E-state index contributed by atoms with van der Waals surface area (Å²) in [6, 6.07) is 92.9. The van der Waals surface area contributed by atoms with Crippen molar-refractivity contribution >= 4 is 55.7 Å². The van der Waals surface area contributed by atoms with Gasteiger partial charge in [-0.05, 0) is 150 Å². The van der Waals surface area contributed by atoms with Gasteiger partial charge in [0, 0.05) is 39.5 Å². The zero-order valence-corrected chi connectivity index (χ0v) is 37.6. The van der Waals surface area contributed by atoms with E-state index in [-0.39, 0.29) is 5.41 Å². The van der Waals surface area contributed by atoms with Gasteiger partial charge in [-0.25, -0.2) is 0 Å². The molecule has 1 aliphatic rings. The van der Waals surface area contributed by atoms with E-state index in [1.807, 2.05) is 0 Å². The maximum Gasteiger partial charge on any atom is 0.0471 e. The summed E-state index contributed by atoms with van der Waals surface area (Å²) < 4.78 is 0. The van der Waals surface area contributed by atoms with Gasteiger partial charge in [0.2, 0.25) is 0 Å². The van der Waals surface area contributed by atoms with E-state index in [0.717, 1.165) is 45.3 Å². The minimum absolute atomic E-state index is 0.129. The maximum atomic E-state index is 2.44. The van der Waals surface area contributed by atoms with Gasteiger partial charge in [0.1, 0.15) is 0 Å². The third kappa shape index (κ3) is 7.24. The van der Waals surface area contributed by atoms with Crippen molar-refractivity contribution < 1.29 is 0 Å². The highest BCUT2D eigenvalue weighted by atomic mass is 15.1. The second-order valence-corrected chi connectivity index (χ2v) is 18.2. The van der Waals surface area contributed by atoms with Crippen LogP contribution in [0.1, 0.15) is 25.0 Å². The molecule has 0 saturated heterocycles. The molecule has 0 bridgehead atoms. The lowest BCUT2D eigenvalue weighted by atomic mass is 9.81. The predicted molar refractivity (Wildman–Crippen MR) is 285 cm³/mol. The normalized spacial score (nSPS) is 12.4. The molecule has 0 radical (unpaired) electrons. The molecule has 0 unspecified atom stereocenters. The molecular formula is C65H48N2. The quantitative estimate of drug-likeness (QED) is 0.126. The standard InChI is InChI=1S/C65H48N2/c1-65(2)61-29-15-22-50-30-31-54-43-60(44-62(65)64(54)63(50)61)67(59-28-14-25-53(42-59)47-20-10-5-11-21-47)56-38-34-49(35-39-56)48-32-36-55(37-33-48)66(57-26-12-23-51(40-57)45-16-6-3-7-17-45)58-27-13-24-52(41-58)46-18-8-4-9-19-46/h3-44H,1-2H3. The van der Waals surface area contributed by atoms with Gasteiger partial charge in [-0.15, -0.1) is 0 Å². The average Bonchev–Trinajstić information content (AvgIpc) is 3.63. The Bertz CT molecular complexity index is 3490. The van der Waals surface area contributed by atoms with Crippen molar-refractivity contribution in [2.75, 3.05) is 9.80 Å². The number of anilines is 6. The number of benzene rings is 11. The van der Waals surface area contributed by atoms with Crippen LogP contribution in [0.5, 0.6) is 0 Å². The molecule has 11 aromatic rings. The van der Waals surface area contributed by atoms with Crippen LogP contribution in [-0.2, 0) is 5.41 Å². The molecule has 2 nitrogen and oxygen atoms in total. The molecule has 67 heavy (non-hydrogen) atoms. The second-order valence-electron chi connectivity index (χ2n) is 18.2. The summed E-state index contributed by atoms with van der Waals surface area (Å²) in [6.45, 7) is 4.76. The van der Waals surface area contributed by atoms with E-state index < -0.39 is 0 Å². The van der Waals surface area contributed by atoms with Crippen LogP contribution in [0.15, 0.2) is 255 Å². The summed E-state index contributed by atoms with van der Waals surface area (Å²) in [4.78, 5) is 4.80. The van der Waals surface area contributed by atoms with Crippen LogP contribution >= 0.6 is 0 Å². The fourth-order valence-corrected chi connectivity index (χ4v) is 10.4. The Kier molecular flexibility index (Phi) is 9.88. The molecule has 0 aliphatic heterocycles. The lowest BCUT2D eigenvalue weighted by Gasteiger charge is -2.29. The Morgan fingerprint density at radius 1 is 0.239 bits per heavy atom. The Balaban J connectivity index is 0.931. The predicted octanol–water partition coefficient (Wildman–Crippen LogP) is 18.2. The number of nitrogens with zero attached hydrogens (tertiary/aromatic N) is 2. The molecule has 0 spiro atoms. The fraction of sp³-hybridized carbons (Fsp3) is 0.0462. The van der Waals surface area contributed by atoms with Gasteiger partial charge < -0.3 is 9.80 Å². The highest BCUT2D eigenvalue weighted by Gasteiger charge is 2.35. The monoisotopic (exact) mass is 856 g/mol. The van der Waals surface area contributed by atoms with Gasteiger partial charge >= 0.3 is 0 Å². The van der Waals surface area contributed by atoms with Crippen molar-refractivity contribution in [3.05, 3.63) is 266 Å². The molecule has 0 saturated carbocycles. The molecule has 11 aromatic carbocycles. The van der Waals surface area contributed by atoms with Gasteiger partial charge in [0.15, 0.2) is 0 Å². The van der Waals surface area contributed by atoms with Crippen molar-refractivity contribution in [2.24, 2.45) is 0 Å². The highest BCUT2D eigenvalue weighted by molar-refractivity contribution is 6.16. The van der Waals surface area contributed by atoms with Crippen LogP contribution in [0.2, 0.25) is 0 Å². The third-order valence-corrected chi connectivity index (χ3v) is 13.8. The van der Waals surface area contributed by atoms with Crippen LogP contribution in [0, 0.1) is 0 Å². The molecule has 0 amide bonds.